The molecular weight excluding hydrogens is 380 g/mol. The van der Waals surface area contributed by atoms with Crippen molar-refractivity contribution in [1.29, 1.82) is 0 Å². The third kappa shape index (κ3) is 4.16. The highest BCUT2D eigenvalue weighted by Crippen LogP contribution is 2.34. The Bertz CT molecular complexity index is 857. The van der Waals surface area contributed by atoms with Crippen LogP contribution in [0.3, 0.4) is 0 Å². The lowest BCUT2D eigenvalue weighted by molar-refractivity contribution is 0.0631. The summed E-state index contributed by atoms with van der Waals surface area (Å²) in [5, 5.41) is 12.9. The Morgan fingerprint density at radius 3 is 2.50 bits per heavy atom. The van der Waals surface area contributed by atoms with Gasteiger partial charge in [-0.05, 0) is 54.3 Å². The van der Waals surface area contributed by atoms with Crippen LogP contribution in [-0.4, -0.2) is 63.0 Å². The molecule has 30 heavy (non-hydrogen) atoms. The van der Waals surface area contributed by atoms with Crippen LogP contribution < -0.4 is 9.47 Å². The molecule has 1 saturated heterocycles. The van der Waals surface area contributed by atoms with E-state index in [0.717, 1.165) is 56.5 Å². The number of fused-ring (bicyclic) bond motifs is 1. The van der Waals surface area contributed by atoms with Crippen LogP contribution in [0.15, 0.2) is 18.2 Å². The molecule has 0 spiro atoms. The molecule has 0 N–H and O–H groups in total. The predicted octanol–water partition coefficient (Wildman–Crippen LogP) is 3.06. The minimum absolute atomic E-state index is 0.0901. The Kier molecular flexibility index (Phi) is 5.97. The van der Waals surface area contributed by atoms with Gasteiger partial charge in [0.2, 0.25) is 6.79 Å². The van der Waals surface area contributed by atoms with Crippen LogP contribution in [0.5, 0.6) is 11.5 Å². The van der Waals surface area contributed by atoms with E-state index in [1.807, 2.05) is 10.7 Å². The second-order valence-corrected chi connectivity index (χ2v) is 9.30. The lowest BCUT2D eigenvalue weighted by atomic mass is 9.97. The van der Waals surface area contributed by atoms with Crippen molar-refractivity contribution in [3.63, 3.8) is 0 Å². The fourth-order valence-corrected chi connectivity index (χ4v) is 4.34. The number of benzene rings is 1. The van der Waals surface area contributed by atoms with Crippen molar-refractivity contribution in [3.8, 4) is 11.5 Å². The van der Waals surface area contributed by atoms with Crippen molar-refractivity contribution in [2.75, 3.05) is 33.0 Å². The molecule has 1 aromatic heterocycles. The Hall–Kier alpha value is -2.19. The van der Waals surface area contributed by atoms with E-state index in [9.17, 15) is 0 Å². The number of hydrogen-bond donors (Lipinski definition) is 0. The number of rotatable bonds is 7. The molecule has 2 aliphatic rings. The fraction of sp³-hybridized carbons (Fsp3) is 0.682. The predicted molar refractivity (Wildman–Crippen MR) is 114 cm³/mol. The molecule has 8 nitrogen and oxygen atoms in total. The zero-order valence-electron chi connectivity index (χ0n) is 18.8. The Labute approximate surface area is 179 Å². The summed E-state index contributed by atoms with van der Waals surface area (Å²) in [5.41, 5.74) is 1.18. The van der Waals surface area contributed by atoms with Gasteiger partial charge in [-0.1, -0.05) is 26.8 Å². The summed E-state index contributed by atoms with van der Waals surface area (Å²) in [7, 11) is 0. The molecule has 8 heteroatoms. The summed E-state index contributed by atoms with van der Waals surface area (Å²) in [6.45, 7) is 16.4. The maximum absolute atomic E-state index is 5.52. The van der Waals surface area contributed by atoms with Gasteiger partial charge in [-0.15, -0.1) is 5.10 Å². The van der Waals surface area contributed by atoms with E-state index in [4.69, 9.17) is 9.47 Å². The van der Waals surface area contributed by atoms with Crippen molar-refractivity contribution >= 4 is 0 Å². The number of piperazine rings is 1. The smallest absolute Gasteiger partial charge is 0.231 e. The molecule has 0 aliphatic carbocycles. The summed E-state index contributed by atoms with van der Waals surface area (Å²) in [6, 6.07) is 6.47. The zero-order chi connectivity index (χ0) is 21.3. The lowest BCUT2D eigenvalue weighted by Crippen LogP contribution is -2.49. The molecule has 2 aromatic rings. The van der Waals surface area contributed by atoms with Crippen LogP contribution in [0.2, 0.25) is 0 Å². The van der Waals surface area contributed by atoms with E-state index in [0.29, 0.717) is 12.7 Å². The maximum Gasteiger partial charge on any atom is 0.231 e. The number of tetrazole rings is 1. The van der Waals surface area contributed by atoms with E-state index < -0.39 is 0 Å². The SMILES string of the molecule is CCC(C)(C)n1nnnc1C(C(C)C)N1CCN(Cc2ccc3c(c2)OCO3)CC1. The molecule has 1 atom stereocenters. The van der Waals surface area contributed by atoms with Crippen LogP contribution in [-0.2, 0) is 12.1 Å². The van der Waals surface area contributed by atoms with Gasteiger partial charge in [-0.2, -0.15) is 0 Å². The van der Waals surface area contributed by atoms with E-state index in [1.165, 1.54) is 5.56 Å². The summed E-state index contributed by atoms with van der Waals surface area (Å²) < 4.78 is 13.0. The fourth-order valence-electron chi connectivity index (χ4n) is 4.34. The first kappa shape index (κ1) is 21.1. The molecular formula is C22H34N6O2. The van der Waals surface area contributed by atoms with Crippen molar-refractivity contribution < 1.29 is 9.47 Å². The number of aromatic nitrogens is 4. The molecule has 0 saturated carbocycles. The third-order valence-electron chi connectivity index (χ3n) is 6.47. The third-order valence-corrected chi connectivity index (χ3v) is 6.47. The van der Waals surface area contributed by atoms with Gasteiger partial charge in [-0.3, -0.25) is 9.80 Å². The van der Waals surface area contributed by atoms with Gasteiger partial charge in [0.15, 0.2) is 17.3 Å². The lowest BCUT2D eigenvalue weighted by Gasteiger charge is -2.41. The summed E-state index contributed by atoms with van der Waals surface area (Å²) in [6.07, 6.45) is 0.985. The molecule has 3 heterocycles. The average Bonchev–Trinajstić information content (AvgIpc) is 3.39. The van der Waals surface area contributed by atoms with E-state index in [1.54, 1.807) is 0 Å². The highest BCUT2D eigenvalue weighted by Gasteiger charge is 2.34. The first-order chi connectivity index (χ1) is 14.4. The maximum atomic E-state index is 5.52. The van der Waals surface area contributed by atoms with Crippen LogP contribution in [0.1, 0.15) is 58.5 Å². The number of hydrogen-bond acceptors (Lipinski definition) is 7. The normalized spacial score (nSPS) is 18.9. The van der Waals surface area contributed by atoms with E-state index >= 15 is 0 Å². The van der Waals surface area contributed by atoms with Crippen LogP contribution in [0, 0.1) is 5.92 Å². The molecule has 0 bridgehead atoms. The highest BCUT2D eigenvalue weighted by molar-refractivity contribution is 5.44. The Morgan fingerprint density at radius 2 is 1.80 bits per heavy atom. The first-order valence-electron chi connectivity index (χ1n) is 11.0. The van der Waals surface area contributed by atoms with E-state index in [2.05, 4.69) is 72.1 Å². The van der Waals surface area contributed by atoms with Crippen LogP contribution in [0.4, 0.5) is 0 Å². The van der Waals surface area contributed by atoms with Gasteiger partial charge < -0.3 is 9.47 Å². The second-order valence-electron chi connectivity index (χ2n) is 9.30. The van der Waals surface area contributed by atoms with Crippen LogP contribution in [0.25, 0.3) is 0 Å². The molecule has 164 valence electrons. The largest absolute Gasteiger partial charge is 0.454 e. The van der Waals surface area contributed by atoms with Gasteiger partial charge in [0.25, 0.3) is 0 Å². The second kappa shape index (κ2) is 8.51. The average molecular weight is 415 g/mol. The number of nitrogens with zero attached hydrogens (tertiary/aromatic N) is 6. The van der Waals surface area contributed by atoms with E-state index in [-0.39, 0.29) is 11.6 Å². The standard InChI is InChI=1S/C22H34N6O2/c1-6-22(4,5)28-21(23-24-25-28)20(16(2)3)27-11-9-26(10-12-27)14-17-7-8-18-19(13-17)30-15-29-18/h7-8,13,16,20H,6,9-12,14-15H2,1-5H3. The Balaban J connectivity index is 1.43. The van der Waals surface area contributed by atoms with Crippen molar-refractivity contribution in [2.24, 2.45) is 5.92 Å². The quantitative estimate of drug-likeness (QED) is 0.690. The highest BCUT2D eigenvalue weighted by atomic mass is 16.7. The molecule has 0 radical (unpaired) electrons. The molecule has 4 rings (SSSR count). The van der Waals surface area contributed by atoms with Gasteiger partial charge in [-0.25, -0.2) is 4.68 Å². The molecule has 2 aliphatic heterocycles. The van der Waals surface area contributed by atoms with Gasteiger partial charge in [0, 0.05) is 32.7 Å². The van der Waals surface area contributed by atoms with Crippen molar-refractivity contribution in [3.05, 3.63) is 29.6 Å². The zero-order valence-corrected chi connectivity index (χ0v) is 18.8. The van der Waals surface area contributed by atoms with Gasteiger partial charge in [0.1, 0.15) is 0 Å². The van der Waals surface area contributed by atoms with Gasteiger partial charge >= 0.3 is 0 Å². The van der Waals surface area contributed by atoms with Crippen molar-refractivity contribution in [2.45, 2.75) is 59.2 Å². The van der Waals surface area contributed by atoms with Crippen LogP contribution >= 0.6 is 0 Å². The molecule has 1 aromatic carbocycles. The topological polar surface area (TPSA) is 68.5 Å². The summed E-state index contributed by atoms with van der Waals surface area (Å²) in [4.78, 5) is 5.05. The molecule has 1 unspecified atom stereocenters. The summed E-state index contributed by atoms with van der Waals surface area (Å²) >= 11 is 0. The van der Waals surface area contributed by atoms with Gasteiger partial charge in [0.05, 0.1) is 11.6 Å². The molecule has 1 fully saturated rings. The number of ether oxygens (including phenoxy) is 2. The van der Waals surface area contributed by atoms with Crippen molar-refractivity contribution in [1.82, 2.24) is 30.0 Å². The minimum Gasteiger partial charge on any atom is -0.454 e. The summed E-state index contributed by atoms with van der Waals surface area (Å²) in [5.74, 6) is 3.12. The monoisotopic (exact) mass is 414 g/mol. The minimum atomic E-state index is -0.0901. The molecule has 0 amide bonds. The Morgan fingerprint density at radius 1 is 1.07 bits per heavy atom. The first-order valence-corrected chi connectivity index (χ1v) is 11.0.